The number of methoxy groups -OCH3 is 2. The zero-order valence-corrected chi connectivity index (χ0v) is 34.7. The number of likely N-dealkylation sites (N-methyl/N-ethyl adjacent to an activating group) is 1. The van der Waals surface area contributed by atoms with Gasteiger partial charge in [-0.3, -0.25) is 4.57 Å². The van der Waals surface area contributed by atoms with E-state index in [4.69, 9.17) is 33.9 Å². The molecule has 8 aromatic rings. The fourth-order valence-electron chi connectivity index (χ4n) is 8.84. The number of nitrogens with one attached hydrogen (secondary N) is 2. The molecule has 9 rings (SSSR count). The maximum absolute atomic E-state index is 12.1. The Hall–Kier alpha value is -6.89. The fraction of sp³-hybridized carbons (Fsp3) is 0.196. The Labute approximate surface area is 361 Å². The molecule has 0 radical (unpaired) electrons. The van der Waals surface area contributed by atoms with Crippen LogP contribution in [0.1, 0.15) is 39.6 Å². The van der Waals surface area contributed by atoms with Gasteiger partial charge >= 0.3 is 0 Å². The van der Waals surface area contributed by atoms with Gasteiger partial charge in [0.15, 0.2) is 23.2 Å². The molecule has 0 bridgehead atoms. The van der Waals surface area contributed by atoms with E-state index in [1.54, 1.807) is 25.1 Å². The topological polar surface area (TPSA) is 125 Å². The lowest BCUT2D eigenvalue weighted by atomic mass is 9.77. The summed E-state index contributed by atoms with van der Waals surface area (Å²) in [6.45, 7) is 0.127. The number of benzene rings is 6. The molecular formula is C51H48N6O5. The van der Waals surface area contributed by atoms with Crippen LogP contribution in [0, 0.1) is 0 Å². The van der Waals surface area contributed by atoms with Crippen molar-refractivity contribution < 1.29 is 24.1 Å². The van der Waals surface area contributed by atoms with Crippen molar-refractivity contribution in [2.75, 3.05) is 33.2 Å². The lowest BCUT2D eigenvalue weighted by Gasteiger charge is -2.37. The lowest BCUT2D eigenvalue weighted by Crippen LogP contribution is -2.45. The quantitative estimate of drug-likeness (QED) is 0.0874. The van der Waals surface area contributed by atoms with Crippen LogP contribution in [0.4, 0.5) is 5.82 Å². The summed E-state index contributed by atoms with van der Waals surface area (Å²) in [5.74, 6) is 1.99. The number of anilines is 1. The Morgan fingerprint density at radius 2 is 1.08 bits per heavy atom. The van der Waals surface area contributed by atoms with Gasteiger partial charge in [-0.05, 0) is 64.7 Å². The van der Waals surface area contributed by atoms with Crippen LogP contribution in [0.3, 0.4) is 0 Å². The minimum atomic E-state index is -1.02. The second-order valence-corrected chi connectivity index (χ2v) is 15.2. The first-order chi connectivity index (χ1) is 30.5. The summed E-state index contributed by atoms with van der Waals surface area (Å²) < 4.78 is 26.9. The standard InChI is InChI=1S/C51H48N6O5/c1-52-44-43(32-61-51(38-20-12-6-13-21-38,39-22-14-7-15-23-39)40-26-30-42(60-3)31-27-40)62-49(46(44)58)57-34-55-45-47(53-33-54-48(45)57)56-50(35-16-8-4-9-17-35,36-18-10-5-11-19-36)37-24-28-41(59-2)29-25-37/h4-31,33-34,43-44,46,49,52,58H,32H2,1-3H3,(H,53,54,56)/t43-,44-,46+,49-/m1/s1. The molecule has 2 aromatic heterocycles. The zero-order chi connectivity index (χ0) is 42.5. The predicted molar refractivity (Wildman–Crippen MR) is 239 cm³/mol. The number of hydrogen-bond acceptors (Lipinski definition) is 10. The predicted octanol–water partition coefficient (Wildman–Crippen LogP) is 8.10. The van der Waals surface area contributed by atoms with Crippen LogP contribution in [-0.4, -0.2) is 70.7 Å². The number of imidazole rings is 1. The molecule has 11 nitrogen and oxygen atoms in total. The maximum Gasteiger partial charge on any atom is 0.167 e. The van der Waals surface area contributed by atoms with Crippen LogP contribution in [0.5, 0.6) is 11.5 Å². The largest absolute Gasteiger partial charge is 0.497 e. The molecule has 3 heterocycles. The summed E-state index contributed by atoms with van der Waals surface area (Å²) in [5, 5.41) is 19.2. The monoisotopic (exact) mass is 824 g/mol. The number of hydrogen-bond donors (Lipinski definition) is 3. The third-order valence-electron chi connectivity index (χ3n) is 11.9. The van der Waals surface area contributed by atoms with E-state index < -0.39 is 35.6 Å². The van der Waals surface area contributed by atoms with Gasteiger partial charge in [-0.15, -0.1) is 0 Å². The van der Waals surface area contributed by atoms with Gasteiger partial charge in [0.2, 0.25) is 0 Å². The SMILES string of the molecule is CN[C@H]1[C@H](O)[C@H](n2cnc3c(NC(c4ccccc4)(c4ccccc4)c4ccc(OC)cc4)ncnc32)O[C@@H]1COC(c1ccccc1)(c1ccccc1)c1ccc(OC)cc1. The number of aliphatic hydroxyl groups is 1. The minimum Gasteiger partial charge on any atom is -0.497 e. The molecule has 0 aliphatic carbocycles. The van der Waals surface area contributed by atoms with E-state index in [1.807, 2.05) is 116 Å². The van der Waals surface area contributed by atoms with Crippen LogP contribution in [0.15, 0.2) is 183 Å². The average molecular weight is 825 g/mol. The Kier molecular flexibility index (Phi) is 11.5. The van der Waals surface area contributed by atoms with E-state index in [9.17, 15) is 5.11 Å². The first-order valence-electron chi connectivity index (χ1n) is 20.6. The van der Waals surface area contributed by atoms with Gasteiger partial charge in [0.05, 0.1) is 33.2 Å². The second kappa shape index (κ2) is 17.6. The number of nitrogens with zero attached hydrogens (tertiary/aromatic N) is 4. The molecule has 6 aromatic carbocycles. The molecule has 1 aliphatic rings. The first kappa shape index (κ1) is 40.5. The number of fused-ring (bicyclic) bond motifs is 1. The molecular weight excluding hydrogens is 777 g/mol. The second-order valence-electron chi connectivity index (χ2n) is 15.2. The normalized spacial score (nSPS) is 17.8. The van der Waals surface area contributed by atoms with Crippen molar-refractivity contribution in [2.45, 2.75) is 35.6 Å². The third kappa shape index (κ3) is 7.24. The summed E-state index contributed by atoms with van der Waals surface area (Å²) >= 11 is 0. The van der Waals surface area contributed by atoms with Crippen molar-refractivity contribution in [3.63, 3.8) is 0 Å². The van der Waals surface area contributed by atoms with Gasteiger partial charge in [0.25, 0.3) is 0 Å². The van der Waals surface area contributed by atoms with Crippen molar-refractivity contribution >= 4 is 17.0 Å². The van der Waals surface area contributed by atoms with Gasteiger partial charge in [-0.25, -0.2) is 15.0 Å². The average Bonchev–Trinajstić information content (AvgIpc) is 3.92. The number of aliphatic hydroxyl groups excluding tert-OH is 1. The van der Waals surface area contributed by atoms with Gasteiger partial charge in [-0.1, -0.05) is 146 Å². The smallest absolute Gasteiger partial charge is 0.167 e. The van der Waals surface area contributed by atoms with Crippen molar-refractivity contribution in [3.05, 3.63) is 216 Å². The van der Waals surface area contributed by atoms with Gasteiger partial charge in [0, 0.05) is 0 Å². The van der Waals surface area contributed by atoms with E-state index >= 15 is 0 Å². The Bertz CT molecular complexity index is 2610. The summed E-state index contributed by atoms with van der Waals surface area (Å²) in [6, 6.07) is 56.3. The van der Waals surface area contributed by atoms with Crippen molar-refractivity contribution in [2.24, 2.45) is 0 Å². The Morgan fingerprint density at radius 3 is 1.58 bits per heavy atom. The van der Waals surface area contributed by atoms with Crippen LogP contribution >= 0.6 is 0 Å². The van der Waals surface area contributed by atoms with E-state index in [0.29, 0.717) is 17.0 Å². The zero-order valence-electron chi connectivity index (χ0n) is 34.7. The molecule has 62 heavy (non-hydrogen) atoms. The van der Waals surface area contributed by atoms with E-state index in [0.717, 1.165) is 44.9 Å². The molecule has 0 amide bonds. The van der Waals surface area contributed by atoms with E-state index in [1.165, 1.54) is 6.33 Å². The minimum absolute atomic E-state index is 0.127. The van der Waals surface area contributed by atoms with Gasteiger partial charge in [-0.2, -0.15) is 0 Å². The number of ether oxygens (including phenoxy) is 4. The summed E-state index contributed by atoms with van der Waals surface area (Å²) in [7, 11) is 5.13. The molecule has 0 unspecified atom stereocenters. The Balaban J connectivity index is 1.08. The van der Waals surface area contributed by atoms with Gasteiger partial charge < -0.3 is 34.7 Å². The van der Waals surface area contributed by atoms with E-state index in [-0.39, 0.29) is 6.61 Å². The molecule has 0 spiro atoms. The number of aromatic nitrogens is 4. The molecule has 3 N–H and O–H groups in total. The van der Waals surface area contributed by atoms with Gasteiger partial charge in [0.1, 0.15) is 41.2 Å². The highest BCUT2D eigenvalue weighted by molar-refractivity contribution is 5.84. The Morgan fingerprint density at radius 1 is 0.613 bits per heavy atom. The number of rotatable bonds is 15. The summed E-state index contributed by atoms with van der Waals surface area (Å²) in [4.78, 5) is 14.4. The molecule has 1 fully saturated rings. The fourth-order valence-corrected chi connectivity index (χ4v) is 8.84. The van der Waals surface area contributed by atoms with Crippen LogP contribution in [-0.2, 0) is 20.6 Å². The summed E-state index contributed by atoms with van der Waals surface area (Å²) in [6.07, 6.45) is 0.739. The molecule has 1 aliphatic heterocycles. The van der Waals surface area contributed by atoms with Crippen LogP contribution in [0.2, 0.25) is 0 Å². The molecule has 4 atom stereocenters. The van der Waals surface area contributed by atoms with Crippen LogP contribution in [0.25, 0.3) is 11.2 Å². The first-order valence-corrected chi connectivity index (χ1v) is 20.6. The molecule has 1 saturated heterocycles. The van der Waals surface area contributed by atoms with Crippen molar-refractivity contribution in [3.8, 4) is 11.5 Å². The highest BCUT2D eigenvalue weighted by atomic mass is 16.6. The highest BCUT2D eigenvalue weighted by Crippen LogP contribution is 2.44. The third-order valence-corrected chi connectivity index (χ3v) is 11.9. The maximum atomic E-state index is 12.1. The lowest BCUT2D eigenvalue weighted by molar-refractivity contribution is -0.0866. The summed E-state index contributed by atoms with van der Waals surface area (Å²) in [5.41, 5.74) is 4.84. The molecule has 11 heteroatoms. The van der Waals surface area contributed by atoms with Crippen molar-refractivity contribution in [1.29, 1.82) is 0 Å². The van der Waals surface area contributed by atoms with E-state index in [2.05, 4.69) is 71.3 Å². The molecule has 312 valence electrons. The van der Waals surface area contributed by atoms with Crippen molar-refractivity contribution in [1.82, 2.24) is 24.8 Å². The van der Waals surface area contributed by atoms with Crippen LogP contribution < -0.4 is 20.1 Å². The highest BCUT2D eigenvalue weighted by Gasteiger charge is 2.47. The molecule has 0 saturated carbocycles.